The molecule has 1 aliphatic heterocycles. The van der Waals surface area contributed by atoms with Crippen molar-refractivity contribution in [3.8, 4) is 0 Å². The second kappa shape index (κ2) is 8.12. The maximum absolute atomic E-state index is 13.5. The summed E-state index contributed by atoms with van der Waals surface area (Å²) in [6, 6.07) is 13.2. The van der Waals surface area contributed by atoms with Gasteiger partial charge in [0.25, 0.3) is 5.56 Å². The zero-order valence-electron chi connectivity index (χ0n) is 16.1. The molecule has 0 radical (unpaired) electrons. The van der Waals surface area contributed by atoms with Crippen molar-refractivity contribution >= 4 is 39.3 Å². The van der Waals surface area contributed by atoms with Crippen molar-refractivity contribution in [1.82, 2.24) is 4.57 Å². The summed E-state index contributed by atoms with van der Waals surface area (Å²) < 4.78 is 20.8. The Kier molecular flexibility index (Phi) is 5.53. The molecule has 1 aromatic heterocycles. The topological polar surface area (TPSA) is 60.7 Å². The number of benzene rings is 2. The number of esters is 1. The van der Waals surface area contributed by atoms with Crippen LogP contribution in [0.25, 0.3) is 6.08 Å². The lowest BCUT2D eigenvalue weighted by atomic mass is 9.96. The molecule has 152 valence electrons. The molecule has 0 amide bonds. The molecule has 5 nitrogen and oxygen atoms in total. The number of carbonyl (C=O) groups excluding carboxylic acids is 1. The van der Waals surface area contributed by atoms with E-state index in [4.69, 9.17) is 4.74 Å². The Labute approximate surface area is 183 Å². The van der Waals surface area contributed by atoms with Crippen LogP contribution in [0.1, 0.15) is 24.1 Å². The molecule has 2 aromatic carbocycles. The van der Waals surface area contributed by atoms with Gasteiger partial charge >= 0.3 is 5.97 Å². The molecule has 2 heterocycles. The van der Waals surface area contributed by atoms with E-state index in [-0.39, 0.29) is 11.4 Å². The van der Waals surface area contributed by atoms with Crippen molar-refractivity contribution in [2.45, 2.75) is 13.0 Å². The van der Waals surface area contributed by atoms with Gasteiger partial charge in [0.15, 0.2) is 4.80 Å². The number of hydrogen-bond donors (Lipinski definition) is 0. The summed E-state index contributed by atoms with van der Waals surface area (Å²) >= 11 is 4.39. The molecule has 1 unspecified atom stereocenters. The summed E-state index contributed by atoms with van der Waals surface area (Å²) in [5.74, 6) is -0.905. The number of halogens is 2. The number of hydrogen-bond acceptors (Lipinski definition) is 5. The number of methoxy groups -OCH3 is 1. The zero-order valence-corrected chi connectivity index (χ0v) is 18.5. The largest absolute Gasteiger partial charge is 0.466 e. The molecule has 30 heavy (non-hydrogen) atoms. The van der Waals surface area contributed by atoms with Gasteiger partial charge in [-0.3, -0.25) is 9.36 Å². The van der Waals surface area contributed by atoms with Crippen molar-refractivity contribution < 1.29 is 13.9 Å². The highest BCUT2D eigenvalue weighted by molar-refractivity contribution is 9.10. The predicted molar refractivity (Wildman–Crippen MR) is 116 cm³/mol. The van der Waals surface area contributed by atoms with Gasteiger partial charge in [0.2, 0.25) is 0 Å². The highest BCUT2D eigenvalue weighted by Gasteiger charge is 2.32. The van der Waals surface area contributed by atoms with Gasteiger partial charge in [-0.2, -0.15) is 0 Å². The number of aromatic nitrogens is 1. The van der Waals surface area contributed by atoms with E-state index in [1.54, 1.807) is 25.1 Å². The maximum atomic E-state index is 13.5. The van der Waals surface area contributed by atoms with Gasteiger partial charge in [-0.1, -0.05) is 47.7 Å². The molecule has 0 bridgehead atoms. The van der Waals surface area contributed by atoms with Crippen LogP contribution in [0.3, 0.4) is 0 Å². The van der Waals surface area contributed by atoms with Crippen LogP contribution in [0.15, 0.2) is 74.1 Å². The van der Waals surface area contributed by atoms with Crippen LogP contribution in [0, 0.1) is 5.82 Å². The van der Waals surface area contributed by atoms with Crippen LogP contribution >= 0.6 is 27.3 Å². The second-order valence-electron chi connectivity index (χ2n) is 6.66. The monoisotopic (exact) mass is 486 g/mol. The molecule has 3 aromatic rings. The average Bonchev–Trinajstić information content (AvgIpc) is 3.04. The van der Waals surface area contributed by atoms with E-state index >= 15 is 0 Å². The average molecular weight is 487 g/mol. The zero-order chi connectivity index (χ0) is 21.4. The molecule has 1 aliphatic rings. The van der Waals surface area contributed by atoms with Crippen molar-refractivity contribution in [2.24, 2.45) is 4.99 Å². The molecule has 1 atom stereocenters. The molecule has 8 heteroatoms. The lowest BCUT2D eigenvalue weighted by molar-refractivity contribution is -0.136. The number of ether oxygens (including phenoxy) is 1. The number of allylic oxidation sites excluding steroid dienone is 1. The lowest BCUT2D eigenvalue weighted by Gasteiger charge is -2.24. The van der Waals surface area contributed by atoms with Gasteiger partial charge in [-0.05, 0) is 52.2 Å². The van der Waals surface area contributed by atoms with Gasteiger partial charge in [0.1, 0.15) is 5.82 Å². The number of rotatable bonds is 3. The molecule has 0 aliphatic carbocycles. The molecule has 0 spiro atoms. The third kappa shape index (κ3) is 3.57. The first-order valence-electron chi connectivity index (χ1n) is 9.01. The van der Waals surface area contributed by atoms with Crippen molar-refractivity contribution in [3.05, 3.63) is 101 Å². The summed E-state index contributed by atoms with van der Waals surface area (Å²) in [5.41, 5.74) is 2.01. The SMILES string of the molecule is COC(=O)C1=C(C)N=c2sc(=Cc3ccc(F)c(Br)c3)c(=O)n2C1c1ccccc1. The lowest BCUT2D eigenvalue weighted by Crippen LogP contribution is -2.39. The third-order valence-electron chi connectivity index (χ3n) is 4.78. The minimum atomic E-state index is -0.642. The summed E-state index contributed by atoms with van der Waals surface area (Å²) in [5, 5.41) is 0. The van der Waals surface area contributed by atoms with E-state index < -0.39 is 12.0 Å². The van der Waals surface area contributed by atoms with Crippen LogP contribution < -0.4 is 14.9 Å². The fourth-order valence-corrected chi connectivity index (χ4v) is 4.84. The number of thiazole rings is 1. The Morgan fingerprint density at radius 2 is 2.00 bits per heavy atom. The summed E-state index contributed by atoms with van der Waals surface area (Å²) in [7, 11) is 1.31. The molecule has 0 saturated heterocycles. The number of fused-ring (bicyclic) bond motifs is 1. The van der Waals surface area contributed by atoms with E-state index in [1.165, 1.54) is 29.1 Å². The van der Waals surface area contributed by atoms with Gasteiger partial charge in [0, 0.05) is 0 Å². The van der Waals surface area contributed by atoms with Crippen molar-refractivity contribution in [1.29, 1.82) is 0 Å². The van der Waals surface area contributed by atoms with E-state index in [9.17, 15) is 14.0 Å². The minimum absolute atomic E-state index is 0.276. The Hall–Kier alpha value is -2.84. The number of nitrogens with zero attached hydrogens (tertiary/aromatic N) is 2. The van der Waals surface area contributed by atoms with Crippen LogP contribution in [-0.2, 0) is 9.53 Å². The van der Waals surface area contributed by atoms with Crippen LogP contribution in [-0.4, -0.2) is 17.6 Å². The van der Waals surface area contributed by atoms with Gasteiger partial charge in [0.05, 0.1) is 33.4 Å². The Balaban J connectivity index is 1.97. The van der Waals surface area contributed by atoms with E-state index in [0.717, 1.165) is 5.56 Å². The summed E-state index contributed by atoms with van der Waals surface area (Å²) in [6.07, 6.45) is 1.69. The van der Waals surface area contributed by atoms with Crippen LogP contribution in [0.2, 0.25) is 0 Å². The van der Waals surface area contributed by atoms with Gasteiger partial charge < -0.3 is 4.74 Å². The maximum Gasteiger partial charge on any atom is 0.338 e. The predicted octanol–water partition coefficient (Wildman–Crippen LogP) is 3.31. The summed E-state index contributed by atoms with van der Waals surface area (Å²) in [6.45, 7) is 1.73. The molecular formula is C22H16BrFN2O3S. The Morgan fingerprint density at radius 3 is 2.67 bits per heavy atom. The first-order valence-corrected chi connectivity index (χ1v) is 10.6. The standard InChI is InChI=1S/C22H16BrFN2O3S/c1-12-18(21(28)29-2)19(14-6-4-3-5-7-14)26-20(27)17(30-22(26)25-12)11-13-8-9-16(24)15(23)10-13/h3-11,19H,1-2H3. The van der Waals surface area contributed by atoms with E-state index in [1.807, 2.05) is 30.3 Å². The van der Waals surface area contributed by atoms with Gasteiger partial charge in [-0.25, -0.2) is 14.2 Å². The smallest absolute Gasteiger partial charge is 0.338 e. The molecule has 0 N–H and O–H groups in total. The van der Waals surface area contributed by atoms with E-state index in [0.29, 0.717) is 30.6 Å². The first kappa shape index (κ1) is 20.4. The Morgan fingerprint density at radius 1 is 1.27 bits per heavy atom. The van der Waals surface area contributed by atoms with Crippen molar-refractivity contribution in [3.63, 3.8) is 0 Å². The second-order valence-corrected chi connectivity index (χ2v) is 8.52. The Bertz CT molecular complexity index is 1360. The summed E-state index contributed by atoms with van der Waals surface area (Å²) in [4.78, 5) is 30.9. The number of carbonyl (C=O) groups is 1. The molecule has 4 rings (SSSR count). The minimum Gasteiger partial charge on any atom is -0.466 e. The highest BCUT2D eigenvalue weighted by Crippen LogP contribution is 2.30. The molecule has 0 saturated carbocycles. The fourth-order valence-electron chi connectivity index (χ4n) is 3.40. The normalized spacial score (nSPS) is 16.3. The fraction of sp³-hybridized carbons (Fsp3) is 0.136. The highest BCUT2D eigenvalue weighted by atomic mass is 79.9. The quantitative estimate of drug-likeness (QED) is 0.533. The van der Waals surface area contributed by atoms with Crippen molar-refractivity contribution in [2.75, 3.05) is 7.11 Å². The third-order valence-corrected chi connectivity index (χ3v) is 6.37. The van der Waals surface area contributed by atoms with Gasteiger partial charge in [-0.15, -0.1) is 0 Å². The van der Waals surface area contributed by atoms with Crippen LogP contribution in [0.4, 0.5) is 4.39 Å². The van der Waals surface area contributed by atoms with Crippen LogP contribution in [0.5, 0.6) is 0 Å². The molecule has 0 fully saturated rings. The molecular weight excluding hydrogens is 471 g/mol. The van der Waals surface area contributed by atoms with E-state index in [2.05, 4.69) is 20.9 Å². The first-order chi connectivity index (χ1) is 14.4.